The van der Waals surface area contributed by atoms with E-state index in [2.05, 4.69) is 6.08 Å². The molecule has 1 saturated carbocycles. The molecule has 0 aromatic carbocycles. The van der Waals surface area contributed by atoms with Gasteiger partial charge in [0.25, 0.3) is 0 Å². The second-order valence-electron chi connectivity index (χ2n) is 4.31. The fraction of sp³-hybridized carbons (Fsp3) is 0.769. The molecule has 0 N–H and O–H groups in total. The molecule has 0 amide bonds. The Bertz CT molecular complexity index is 240. The van der Waals surface area contributed by atoms with E-state index < -0.39 is 0 Å². The molecule has 0 aliphatic heterocycles. The van der Waals surface area contributed by atoms with Crippen LogP contribution < -0.4 is 0 Å². The lowest BCUT2D eigenvalue weighted by atomic mass is 10.0. The summed E-state index contributed by atoms with van der Waals surface area (Å²) in [5.41, 5.74) is 0.683. The zero-order valence-corrected chi connectivity index (χ0v) is 10.3. The summed E-state index contributed by atoms with van der Waals surface area (Å²) >= 11 is 0. The molecule has 1 fully saturated rings. The minimum absolute atomic E-state index is 0.212. The lowest BCUT2D eigenvalue weighted by Crippen LogP contribution is -2.13. The Labute approximate surface area is 97.8 Å². The maximum atomic E-state index is 11.7. The average Bonchev–Trinajstić information content (AvgIpc) is 2.78. The molecule has 0 spiro atoms. The van der Waals surface area contributed by atoms with Crippen molar-refractivity contribution in [2.24, 2.45) is 5.92 Å². The van der Waals surface area contributed by atoms with Crippen molar-refractivity contribution in [3.8, 4) is 0 Å². The predicted molar refractivity (Wildman–Crippen MR) is 63.2 cm³/mol. The first-order valence-corrected chi connectivity index (χ1v) is 6.14. The Kier molecular flexibility index (Phi) is 6.16. The zero-order chi connectivity index (χ0) is 11.8. The summed E-state index contributed by atoms with van der Waals surface area (Å²) in [6, 6.07) is 0. The van der Waals surface area contributed by atoms with Crippen LogP contribution >= 0.6 is 0 Å². The Morgan fingerprint density at radius 2 is 2.06 bits per heavy atom. The quantitative estimate of drug-likeness (QED) is 0.516. The number of carbonyl (C=O) groups is 1. The largest absolute Gasteiger partial charge is 0.462 e. The topological polar surface area (TPSA) is 35.5 Å². The molecule has 1 aliphatic rings. The van der Waals surface area contributed by atoms with E-state index in [9.17, 15) is 4.79 Å². The van der Waals surface area contributed by atoms with Crippen LogP contribution in [0, 0.1) is 5.92 Å². The van der Waals surface area contributed by atoms with Crippen LogP contribution in [0.15, 0.2) is 11.6 Å². The van der Waals surface area contributed by atoms with Gasteiger partial charge in [-0.1, -0.05) is 25.8 Å². The maximum absolute atomic E-state index is 11.7. The number of esters is 1. The van der Waals surface area contributed by atoms with Crippen LogP contribution in [-0.2, 0) is 14.3 Å². The molecule has 0 heterocycles. The third-order valence-electron chi connectivity index (χ3n) is 2.84. The number of rotatable bonds is 6. The summed E-state index contributed by atoms with van der Waals surface area (Å²) in [4.78, 5) is 11.7. The fourth-order valence-corrected chi connectivity index (χ4v) is 2.03. The molecule has 0 atom stereocenters. The second-order valence-corrected chi connectivity index (χ2v) is 4.31. The van der Waals surface area contributed by atoms with Gasteiger partial charge in [0, 0.05) is 7.11 Å². The van der Waals surface area contributed by atoms with Crippen molar-refractivity contribution in [3.05, 3.63) is 11.6 Å². The highest BCUT2D eigenvalue weighted by atomic mass is 16.5. The Balaban J connectivity index is 2.53. The van der Waals surface area contributed by atoms with Crippen molar-refractivity contribution < 1.29 is 14.3 Å². The molecule has 0 aromatic heterocycles. The van der Waals surface area contributed by atoms with Crippen LogP contribution in [-0.4, -0.2) is 26.3 Å². The van der Waals surface area contributed by atoms with Crippen molar-refractivity contribution in [1.82, 2.24) is 0 Å². The van der Waals surface area contributed by atoms with Gasteiger partial charge in [-0.3, -0.25) is 0 Å². The van der Waals surface area contributed by atoms with E-state index in [1.807, 2.05) is 6.92 Å². The van der Waals surface area contributed by atoms with E-state index >= 15 is 0 Å². The minimum atomic E-state index is -0.212. The number of carbonyl (C=O) groups excluding carboxylic acids is 1. The summed E-state index contributed by atoms with van der Waals surface area (Å²) in [5, 5.41) is 0. The first-order chi connectivity index (χ1) is 7.77. The summed E-state index contributed by atoms with van der Waals surface area (Å²) in [7, 11) is 1.61. The van der Waals surface area contributed by atoms with Crippen LogP contribution in [0.5, 0.6) is 0 Å². The van der Waals surface area contributed by atoms with Crippen LogP contribution in [0.4, 0.5) is 0 Å². The molecular formula is C13H22O3. The Morgan fingerprint density at radius 1 is 1.38 bits per heavy atom. The summed E-state index contributed by atoms with van der Waals surface area (Å²) in [6.07, 6.45) is 7.82. The molecule has 92 valence electrons. The van der Waals surface area contributed by atoms with E-state index in [0.29, 0.717) is 24.7 Å². The molecular weight excluding hydrogens is 204 g/mol. The standard InChI is InChI=1S/C13H22O3/c1-3-8-16-13(14)12(10-15-2)9-11-6-4-5-7-11/h9,11H,3-8,10H2,1-2H3. The zero-order valence-electron chi connectivity index (χ0n) is 10.3. The van der Waals surface area contributed by atoms with Gasteiger partial charge < -0.3 is 9.47 Å². The first kappa shape index (κ1) is 13.2. The van der Waals surface area contributed by atoms with Crippen LogP contribution in [0.2, 0.25) is 0 Å². The molecule has 0 radical (unpaired) electrons. The lowest BCUT2D eigenvalue weighted by molar-refractivity contribution is -0.139. The molecule has 0 saturated heterocycles. The maximum Gasteiger partial charge on any atom is 0.336 e. The monoisotopic (exact) mass is 226 g/mol. The highest BCUT2D eigenvalue weighted by Gasteiger charge is 2.17. The van der Waals surface area contributed by atoms with Crippen LogP contribution in [0.25, 0.3) is 0 Å². The van der Waals surface area contributed by atoms with Crippen LogP contribution in [0.1, 0.15) is 39.0 Å². The molecule has 3 heteroatoms. The van der Waals surface area contributed by atoms with E-state index in [1.54, 1.807) is 7.11 Å². The summed E-state index contributed by atoms with van der Waals surface area (Å²) < 4.78 is 10.2. The number of methoxy groups -OCH3 is 1. The second kappa shape index (κ2) is 7.44. The third-order valence-corrected chi connectivity index (χ3v) is 2.84. The highest BCUT2D eigenvalue weighted by molar-refractivity contribution is 5.88. The molecule has 1 rings (SSSR count). The molecule has 0 aromatic rings. The van der Waals surface area contributed by atoms with Crippen molar-refractivity contribution in [2.45, 2.75) is 39.0 Å². The van der Waals surface area contributed by atoms with E-state index in [0.717, 1.165) is 6.42 Å². The van der Waals surface area contributed by atoms with E-state index in [1.165, 1.54) is 25.7 Å². The molecule has 0 bridgehead atoms. The van der Waals surface area contributed by atoms with Crippen molar-refractivity contribution in [1.29, 1.82) is 0 Å². The van der Waals surface area contributed by atoms with Gasteiger partial charge in [-0.15, -0.1) is 0 Å². The number of hydrogen-bond acceptors (Lipinski definition) is 3. The fourth-order valence-electron chi connectivity index (χ4n) is 2.03. The first-order valence-electron chi connectivity index (χ1n) is 6.14. The van der Waals surface area contributed by atoms with E-state index in [-0.39, 0.29) is 5.97 Å². The van der Waals surface area contributed by atoms with Crippen molar-refractivity contribution >= 4 is 5.97 Å². The Hall–Kier alpha value is -0.830. The third kappa shape index (κ3) is 4.35. The SMILES string of the molecule is CCCOC(=O)C(=CC1CCCC1)COC. The molecule has 16 heavy (non-hydrogen) atoms. The molecule has 3 nitrogen and oxygen atoms in total. The van der Waals surface area contributed by atoms with Gasteiger partial charge in [0.2, 0.25) is 0 Å². The van der Waals surface area contributed by atoms with Gasteiger partial charge in [-0.2, -0.15) is 0 Å². The van der Waals surface area contributed by atoms with Crippen molar-refractivity contribution in [3.63, 3.8) is 0 Å². The molecule has 1 aliphatic carbocycles. The van der Waals surface area contributed by atoms with Gasteiger partial charge in [0.05, 0.1) is 18.8 Å². The minimum Gasteiger partial charge on any atom is -0.462 e. The van der Waals surface area contributed by atoms with Gasteiger partial charge in [-0.05, 0) is 25.2 Å². The molecule has 0 unspecified atom stereocenters. The smallest absolute Gasteiger partial charge is 0.336 e. The average molecular weight is 226 g/mol. The van der Waals surface area contributed by atoms with Gasteiger partial charge in [-0.25, -0.2) is 4.79 Å². The van der Waals surface area contributed by atoms with Gasteiger partial charge in [0.15, 0.2) is 0 Å². The van der Waals surface area contributed by atoms with Gasteiger partial charge >= 0.3 is 5.97 Å². The number of allylic oxidation sites excluding steroid dienone is 1. The lowest BCUT2D eigenvalue weighted by Gasteiger charge is -2.09. The van der Waals surface area contributed by atoms with Crippen LogP contribution in [0.3, 0.4) is 0 Å². The highest BCUT2D eigenvalue weighted by Crippen LogP contribution is 2.27. The summed E-state index contributed by atoms with van der Waals surface area (Å²) in [6.45, 7) is 2.84. The normalized spacial score (nSPS) is 17.8. The van der Waals surface area contributed by atoms with E-state index in [4.69, 9.17) is 9.47 Å². The predicted octanol–water partition coefficient (Wildman–Crippen LogP) is 2.70. The number of hydrogen-bond donors (Lipinski definition) is 0. The van der Waals surface area contributed by atoms with Gasteiger partial charge in [0.1, 0.15) is 0 Å². The number of ether oxygens (including phenoxy) is 2. The Morgan fingerprint density at radius 3 is 2.62 bits per heavy atom. The summed E-state index contributed by atoms with van der Waals surface area (Å²) in [5.74, 6) is 0.329. The van der Waals surface area contributed by atoms with Crippen molar-refractivity contribution in [2.75, 3.05) is 20.3 Å².